The Morgan fingerprint density at radius 2 is 2.23 bits per heavy atom. The highest BCUT2D eigenvalue weighted by Gasteiger charge is 2.16. The summed E-state index contributed by atoms with van der Waals surface area (Å²) in [4.78, 5) is 3.27. The molecule has 0 aliphatic rings. The van der Waals surface area contributed by atoms with E-state index in [-0.39, 0.29) is 0 Å². The number of aromatic nitrogens is 4. The molecule has 0 radical (unpaired) electrons. The second-order valence-electron chi connectivity index (χ2n) is 4.69. The summed E-state index contributed by atoms with van der Waals surface area (Å²) in [6.45, 7) is 1.28. The Labute approximate surface area is 133 Å². The third-order valence-corrected chi connectivity index (χ3v) is 4.22. The molecule has 0 saturated carbocycles. The first kappa shape index (κ1) is 14.7. The first-order valence-electron chi connectivity index (χ1n) is 6.90. The highest BCUT2D eigenvalue weighted by molar-refractivity contribution is 7.99. The van der Waals surface area contributed by atoms with E-state index in [4.69, 9.17) is 11.2 Å². The summed E-state index contributed by atoms with van der Waals surface area (Å²) < 4.78 is 7.26. The third-order valence-electron chi connectivity index (χ3n) is 3.35. The van der Waals surface area contributed by atoms with Crippen molar-refractivity contribution in [3.8, 4) is 23.7 Å². The van der Waals surface area contributed by atoms with Crippen molar-refractivity contribution < 1.29 is 4.74 Å². The van der Waals surface area contributed by atoms with E-state index in [1.54, 1.807) is 7.11 Å². The number of para-hydroxylation sites is 1. The Kier molecular flexibility index (Phi) is 4.47. The molecule has 5 nitrogen and oxygen atoms in total. The molecule has 0 fully saturated rings. The van der Waals surface area contributed by atoms with E-state index < -0.39 is 0 Å². The van der Waals surface area contributed by atoms with Crippen molar-refractivity contribution in [3.63, 3.8) is 0 Å². The predicted molar refractivity (Wildman–Crippen MR) is 88.7 cm³/mol. The fourth-order valence-electron chi connectivity index (χ4n) is 2.34. The zero-order valence-electron chi connectivity index (χ0n) is 12.2. The molecule has 2 heterocycles. The number of aromatic amines is 1. The lowest BCUT2D eigenvalue weighted by atomic mass is 10.1. The molecule has 1 N–H and O–H groups in total. The number of thioether (sulfide) groups is 1. The Balaban J connectivity index is 2.05. The molecule has 0 aliphatic carbocycles. The molecule has 0 bridgehead atoms. The zero-order valence-corrected chi connectivity index (χ0v) is 13.1. The van der Waals surface area contributed by atoms with Crippen LogP contribution in [-0.4, -0.2) is 39.2 Å². The van der Waals surface area contributed by atoms with Crippen molar-refractivity contribution in [1.82, 2.24) is 19.7 Å². The van der Waals surface area contributed by atoms with Crippen molar-refractivity contribution in [2.24, 2.45) is 0 Å². The number of methoxy groups -OCH3 is 1. The summed E-state index contributed by atoms with van der Waals surface area (Å²) in [5.41, 5.74) is 2.11. The highest BCUT2D eigenvalue weighted by Crippen LogP contribution is 2.29. The number of rotatable bonds is 6. The molecule has 0 unspecified atom stereocenters. The third kappa shape index (κ3) is 2.73. The molecule has 0 atom stereocenters. The zero-order chi connectivity index (χ0) is 15.4. The maximum absolute atomic E-state index is 5.34. The van der Waals surface area contributed by atoms with Crippen molar-refractivity contribution in [2.75, 3.05) is 19.5 Å². The van der Waals surface area contributed by atoms with E-state index in [9.17, 15) is 0 Å². The molecular weight excluding hydrogens is 296 g/mol. The Morgan fingerprint density at radius 3 is 3.05 bits per heavy atom. The first-order chi connectivity index (χ1) is 10.8. The van der Waals surface area contributed by atoms with Crippen molar-refractivity contribution in [1.29, 1.82) is 0 Å². The van der Waals surface area contributed by atoms with E-state index in [1.807, 2.05) is 24.4 Å². The molecule has 0 amide bonds. The number of hydrogen-bond donors (Lipinski definition) is 1. The summed E-state index contributed by atoms with van der Waals surface area (Å²) in [5.74, 6) is 4.01. The molecule has 2 aromatic heterocycles. The Hall–Kier alpha value is -2.23. The second kappa shape index (κ2) is 6.69. The number of H-pyrrole nitrogens is 1. The molecule has 1 aromatic carbocycles. The van der Waals surface area contributed by atoms with Crippen LogP contribution in [0.1, 0.15) is 0 Å². The van der Waals surface area contributed by atoms with E-state index in [0.717, 1.165) is 27.4 Å². The van der Waals surface area contributed by atoms with Crippen LogP contribution in [0.25, 0.3) is 22.3 Å². The minimum Gasteiger partial charge on any atom is -0.383 e. The van der Waals surface area contributed by atoms with Crippen LogP contribution in [0.5, 0.6) is 0 Å². The minimum absolute atomic E-state index is 0.568. The topological polar surface area (TPSA) is 55.7 Å². The molecule has 112 valence electrons. The maximum Gasteiger partial charge on any atom is 0.192 e. The number of ether oxygens (including phenoxy) is 1. The van der Waals surface area contributed by atoms with Crippen molar-refractivity contribution >= 4 is 22.7 Å². The average Bonchev–Trinajstić information content (AvgIpc) is 3.14. The minimum atomic E-state index is 0.568. The summed E-state index contributed by atoms with van der Waals surface area (Å²) in [6, 6.07) is 8.14. The molecule has 0 spiro atoms. The monoisotopic (exact) mass is 312 g/mol. The van der Waals surface area contributed by atoms with Gasteiger partial charge in [0.25, 0.3) is 0 Å². The lowest BCUT2D eigenvalue weighted by molar-refractivity contribution is 0.185. The van der Waals surface area contributed by atoms with Gasteiger partial charge in [0.15, 0.2) is 11.0 Å². The Morgan fingerprint density at radius 1 is 1.36 bits per heavy atom. The van der Waals surface area contributed by atoms with Gasteiger partial charge in [0.1, 0.15) is 0 Å². The first-order valence-corrected chi connectivity index (χ1v) is 7.88. The van der Waals surface area contributed by atoms with Gasteiger partial charge in [0.05, 0.1) is 18.9 Å². The van der Waals surface area contributed by atoms with Gasteiger partial charge in [-0.2, -0.15) is 0 Å². The normalized spacial score (nSPS) is 10.9. The predicted octanol–water partition coefficient (Wildman–Crippen LogP) is 2.80. The standard InChI is InChI=1S/C16H16N4OS/c1-3-10-22-16-19-18-15(20(16)8-9-21-2)13-11-17-14-7-5-4-6-12(13)14/h1,4-7,11,17H,8-10H2,2H3. The van der Waals surface area contributed by atoms with Crippen LogP contribution < -0.4 is 0 Å². The molecule has 0 aliphatic heterocycles. The molecule has 3 aromatic rings. The van der Waals surface area contributed by atoms with E-state index >= 15 is 0 Å². The quantitative estimate of drug-likeness (QED) is 0.562. The van der Waals surface area contributed by atoms with Crippen LogP contribution >= 0.6 is 11.8 Å². The molecule has 0 saturated heterocycles. The van der Waals surface area contributed by atoms with E-state index in [0.29, 0.717) is 18.9 Å². The number of hydrogen-bond acceptors (Lipinski definition) is 4. The van der Waals surface area contributed by atoms with Crippen molar-refractivity contribution in [3.05, 3.63) is 30.5 Å². The largest absolute Gasteiger partial charge is 0.383 e. The van der Waals surface area contributed by atoms with Gasteiger partial charge < -0.3 is 9.72 Å². The summed E-state index contributed by atoms with van der Waals surface area (Å²) >= 11 is 1.51. The Bertz CT molecular complexity index is 815. The molecular formula is C16H16N4OS. The number of terminal acetylenes is 1. The van der Waals surface area contributed by atoms with Crippen LogP contribution in [-0.2, 0) is 11.3 Å². The SMILES string of the molecule is C#CCSc1nnc(-c2c[nH]c3ccccc23)n1CCOC. The fourth-order valence-corrected chi connectivity index (χ4v) is 2.99. The van der Waals surface area contributed by atoms with Crippen molar-refractivity contribution in [2.45, 2.75) is 11.7 Å². The van der Waals surface area contributed by atoms with E-state index in [1.165, 1.54) is 11.8 Å². The smallest absolute Gasteiger partial charge is 0.192 e. The molecule has 6 heteroatoms. The summed E-state index contributed by atoms with van der Waals surface area (Å²) in [6.07, 6.45) is 7.31. The number of benzene rings is 1. The van der Waals surface area contributed by atoms with Crippen LogP contribution in [0.15, 0.2) is 35.6 Å². The second-order valence-corrected chi connectivity index (χ2v) is 5.63. The van der Waals surface area contributed by atoms with Crippen LogP contribution in [0, 0.1) is 12.3 Å². The van der Waals surface area contributed by atoms with Gasteiger partial charge in [-0.05, 0) is 6.07 Å². The van der Waals surface area contributed by atoms with Crippen LogP contribution in [0.3, 0.4) is 0 Å². The van der Waals surface area contributed by atoms with Gasteiger partial charge in [-0.25, -0.2) is 0 Å². The van der Waals surface area contributed by atoms with Gasteiger partial charge in [0, 0.05) is 29.8 Å². The average molecular weight is 312 g/mol. The molecule has 22 heavy (non-hydrogen) atoms. The van der Waals surface area contributed by atoms with E-state index in [2.05, 4.69) is 31.7 Å². The van der Waals surface area contributed by atoms with Gasteiger partial charge in [-0.15, -0.1) is 16.6 Å². The lowest BCUT2D eigenvalue weighted by Gasteiger charge is -2.08. The van der Waals surface area contributed by atoms with Gasteiger partial charge in [-0.3, -0.25) is 4.57 Å². The van der Waals surface area contributed by atoms with Crippen LogP contribution in [0.4, 0.5) is 0 Å². The van der Waals surface area contributed by atoms with Gasteiger partial charge in [0.2, 0.25) is 0 Å². The lowest BCUT2D eigenvalue weighted by Crippen LogP contribution is -2.07. The maximum atomic E-state index is 5.34. The summed E-state index contributed by atoms with van der Waals surface area (Å²) in [5, 5.41) is 10.6. The highest BCUT2D eigenvalue weighted by atomic mass is 32.2. The number of fused-ring (bicyclic) bond motifs is 1. The van der Waals surface area contributed by atoms with Gasteiger partial charge in [-0.1, -0.05) is 35.9 Å². The number of nitrogens with one attached hydrogen (secondary N) is 1. The molecule has 3 rings (SSSR count). The van der Waals surface area contributed by atoms with Crippen LogP contribution in [0.2, 0.25) is 0 Å². The fraction of sp³-hybridized carbons (Fsp3) is 0.250. The summed E-state index contributed by atoms with van der Waals surface area (Å²) in [7, 11) is 1.68. The van der Waals surface area contributed by atoms with Gasteiger partial charge >= 0.3 is 0 Å². The number of nitrogens with zero attached hydrogens (tertiary/aromatic N) is 3.